The van der Waals surface area contributed by atoms with Crippen molar-refractivity contribution in [2.75, 3.05) is 5.75 Å². The zero-order chi connectivity index (χ0) is 8.27. The number of rotatable bonds is 2. The lowest BCUT2D eigenvalue weighted by Gasteiger charge is -1.86. The Morgan fingerprint density at radius 3 is 3.00 bits per heavy atom. The van der Waals surface area contributed by atoms with Crippen molar-refractivity contribution in [3.8, 4) is 11.8 Å². The van der Waals surface area contributed by atoms with Gasteiger partial charge in [-0.05, 0) is 5.75 Å². The highest BCUT2D eigenvalue weighted by Crippen LogP contribution is 2.33. The lowest BCUT2D eigenvalue weighted by Crippen LogP contribution is -1.60. The Hall–Kier alpha value is -0.660. The van der Waals surface area contributed by atoms with Gasteiger partial charge in [-0.1, -0.05) is 6.92 Å². The molecule has 0 aliphatic carbocycles. The van der Waals surface area contributed by atoms with Gasteiger partial charge < -0.3 is 5.11 Å². The molecule has 0 radical (unpaired) electrons. The highest BCUT2D eigenvalue weighted by Gasteiger charge is 2.05. The maximum absolute atomic E-state index is 9.13. The van der Waals surface area contributed by atoms with Crippen LogP contribution in [-0.2, 0) is 0 Å². The highest BCUT2D eigenvalue weighted by atomic mass is 32.2. The maximum Gasteiger partial charge on any atom is 0.147 e. The van der Waals surface area contributed by atoms with E-state index in [0.29, 0.717) is 4.88 Å². The van der Waals surface area contributed by atoms with Gasteiger partial charge in [-0.25, -0.2) is 0 Å². The van der Waals surface area contributed by atoms with E-state index < -0.39 is 0 Å². The average molecular weight is 185 g/mol. The summed E-state index contributed by atoms with van der Waals surface area (Å²) in [5.74, 6) is 1.07. The number of thioether (sulfide) groups is 1. The summed E-state index contributed by atoms with van der Waals surface area (Å²) >= 11 is 2.97. The molecule has 4 heteroatoms. The van der Waals surface area contributed by atoms with Crippen molar-refractivity contribution >= 4 is 23.1 Å². The Morgan fingerprint density at radius 2 is 2.55 bits per heavy atom. The van der Waals surface area contributed by atoms with Crippen LogP contribution in [0.3, 0.4) is 0 Å². The number of hydrogen-bond donors (Lipinski definition) is 1. The molecule has 58 valence electrons. The summed E-state index contributed by atoms with van der Waals surface area (Å²) in [6, 6.07) is 3.57. The van der Waals surface area contributed by atoms with Crippen LogP contribution in [0.1, 0.15) is 11.8 Å². The topological polar surface area (TPSA) is 44.0 Å². The van der Waals surface area contributed by atoms with Crippen molar-refractivity contribution in [3.63, 3.8) is 0 Å². The van der Waals surface area contributed by atoms with Gasteiger partial charge in [0.05, 0.1) is 4.21 Å². The van der Waals surface area contributed by atoms with Crippen LogP contribution in [0.4, 0.5) is 0 Å². The summed E-state index contributed by atoms with van der Waals surface area (Å²) in [6.07, 6.45) is 0. The summed E-state index contributed by atoms with van der Waals surface area (Å²) in [4.78, 5) is 0.404. The third-order valence-electron chi connectivity index (χ3n) is 1.08. The van der Waals surface area contributed by atoms with Crippen molar-refractivity contribution in [2.45, 2.75) is 11.1 Å². The molecule has 0 fully saturated rings. The van der Waals surface area contributed by atoms with Crippen LogP contribution in [0.25, 0.3) is 0 Å². The predicted molar refractivity (Wildman–Crippen MR) is 47.1 cm³/mol. The molecule has 0 aliphatic heterocycles. The normalized spacial score (nSPS) is 9.45. The first-order chi connectivity index (χ1) is 5.27. The Labute approximate surface area is 73.5 Å². The molecule has 0 aromatic carbocycles. The minimum atomic E-state index is 0.105. The van der Waals surface area contributed by atoms with E-state index in [9.17, 15) is 0 Å². The van der Waals surface area contributed by atoms with Crippen LogP contribution in [0.5, 0.6) is 5.75 Å². The van der Waals surface area contributed by atoms with Gasteiger partial charge in [0.2, 0.25) is 0 Å². The Morgan fingerprint density at radius 1 is 1.82 bits per heavy atom. The molecule has 0 bridgehead atoms. The third-order valence-corrected chi connectivity index (χ3v) is 3.20. The number of aromatic hydroxyl groups is 1. The van der Waals surface area contributed by atoms with E-state index in [2.05, 4.69) is 0 Å². The van der Waals surface area contributed by atoms with Gasteiger partial charge in [0.25, 0.3) is 0 Å². The minimum Gasteiger partial charge on any atom is -0.506 e. The van der Waals surface area contributed by atoms with Gasteiger partial charge >= 0.3 is 0 Å². The fourth-order valence-electron chi connectivity index (χ4n) is 0.653. The highest BCUT2D eigenvalue weighted by molar-refractivity contribution is 8.01. The Balaban J connectivity index is 2.89. The fourth-order valence-corrected chi connectivity index (χ4v) is 2.55. The van der Waals surface area contributed by atoms with Crippen molar-refractivity contribution in [1.82, 2.24) is 0 Å². The molecule has 0 spiro atoms. The van der Waals surface area contributed by atoms with Crippen molar-refractivity contribution in [2.24, 2.45) is 0 Å². The first kappa shape index (κ1) is 8.44. The molecule has 0 atom stereocenters. The van der Waals surface area contributed by atoms with E-state index in [4.69, 9.17) is 10.4 Å². The molecule has 1 N–H and O–H groups in total. The van der Waals surface area contributed by atoms with E-state index in [1.165, 1.54) is 11.3 Å². The quantitative estimate of drug-likeness (QED) is 0.720. The van der Waals surface area contributed by atoms with Crippen LogP contribution in [0.15, 0.2) is 10.3 Å². The summed E-state index contributed by atoms with van der Waals surface area (Å²) in [6.45, 7) is 2.04. The molecule has 1 rings (SSSR count). The van der Waals surface area contributed by atoms with E-state index in [1.54, 1.807) is 17.8 Å². The van der Waals surface area contributed by atoms with Crippen molar-refractivity contribution < 1.29 is 5.11 Å². The lowest BCUT2D eigenvalue weighted by molar-refractivity contribution is 0.475. The number of nitriles is 1. The molecule has 0 saturated carbocycles. The van der Waals surface area contributed by atoms with E-state index in [-0.39, 0.29) is 5.75 Å². The monoisotopic (exact) mass is 185 g/mol. The predicted octanol–water partition coefficient (Wildman–Crippen LogP) is 2.44. The fraction of sp³-hybridized carbons (Fsp3) is 0.286. The van der Waals surface area contributed by atoms with Crippen LogP contribution in [0.2, 0.25) is 0 Å². The number of hydrogen-bond acceptors (Lipinski definition) is 4. The summed E-state index contributed by atoms with van der Waals surface area (Å²) in [5, 5.41) is 17.6. The SMILES string of the molecule is CCSc1cc(O)c(C#N)s1. The molecule has 0 unspecified atom stereocenters. The summed E-state index contributed by atoms with van der Waals surface area (Å²) in [5.41, 5.74) is 0. The van der Waals surface area contributed by atoms with Gasteiger partial charge in [0.15, 0.2) is 0 Å². The molecule has 11 heavy (non-hydrogen) atoms. The van der Waals surface area contributed by atoms with E-state index >= 15 is 0 Å². The molecule has 1 aromatic rings. The zero-order valence-corrected chi connectivity index (χ0v) is 7.63. The molecule has 1 heterocycles. The molecule has 0 saturated heterocycles. The van der Waals surface area contributed by atoms with Crippen LogP contribution < -0.4 is 0 Å². The van der Waals surface area contributed by atoms with E-state index in [1.807, 2.05) is 13.0 Å². The largest absolute Gasteiger partial charge is 0.506 e. The molecule has 0 amide bonds. The zero-order valence-electron chi connectivity index (χ0n) is 6.00. The van der Waals surface area contributed by atoms with Crippen molar-refractivity contribution in [1.29, 1.82) is 5.26 Å². The van der Waals surface area contributed by atoms with Crippen LogP contribution >= 0.6 is 23.1 Å². The minimum absolute atomic E-state index is 0.105. The van der Waals surface area contributed by atoms with Gasteiger partial charge in [-0.15, -0.1) is 23.1 Å². The van der Waals surface area contributed by atoms with Gasteiger partial charge in [-0.3, -0.25) is 0 Å². The lowest BCUT2D eigenvalue weighted by atomic mass is 10.5. The van der Waals surface area contributed by atoms with Gasteiger partial charge in [0, 0.05) is 6.07 Å². The standard InChI is InChI=1S/C7H7NOS2/c1-2-10-7-3-5(9)6(4-8)11-7/h3,9H,2H2,1H3. The summed E-state index contributed by atoms with van der Waals surface area (Å²) < 4.78 is 1.00. The second-order valence-electron chi connectivity index (χ2n) is 1.82. The maximum atomic E-state index is 9.13. The molecule has 2 nitrogen and oxygen atoms in total. The molecule has 0 aliphatic rings. The first-order valence-electron chi connectivity index (χ1n) is 3.13. The smallest absolute Gasteiger partial charge is 0.147 e. The Bertz CT molecular complexity index is 287. The molecular weight excluding hydrogens is 178 g/mol. The second-order valence-corrected chi connectivity index (χ2v) is 4.44. The third kappa shape index (κ3) is 1.88. The summed E-state index contributed by atoms with van der Waals surface area (Å²) in [7, 11) is 0. The molecule has 1 aromatic heterocycles. The first-order valence-corrected chi connectivity index (χ1v) is 4.93. The number of thiophene rings is 1. The molecular formula is C7H7NOS2. The van der Waals surface area contributed by atoms with Crippen LogP contribution in [0, 0.1) is 11.3 Å². The van der Waals surface area contributed by atoms with E-state index in [0.717, 1.165) is 9.96 Å². The Kier molecular flexibility index (Phi) is 2.80. The van der Waals surface area contributed by atoms with Crippen LogP contribution in [-0.4, -0.2) is 10.9 Å². The average Bonchev–Trinajstić information content (AvgIpc) is 2.32. The second kappa shape index (κ2) is 3.65. The van der Waals surface area contributed by atoms with Gasteiger partial charge in [-0.2, -0.15) is 5.26 Å². The van der Waals surface area contributed by atoms with Gasteiger partial charge in [0.1, 0.15) is 16.7 Å². The van der Waals surface area contributed by atoms with Crippen molar-refractivity contribution in [3.05, 3.63) is 10.9 Å². The number of nitrogens with zero attached hydrogens (tertiary/aromatic N) is 1.